The quantitative estimate of drug-likeness (QED) is 0.568. The molecule has 29 heavy (non-hydrogen) atoms. The predicted octanol–water partition coefficient (Wildman–Crippen LogP) is 2.98. The van der Waals surface area contributed by atoms with Crippen LogP contribution in [-0.4, -0.2) is 26.0 Å². The number of hydrogen-bond acceptors (Lipinski definition) is 6. The second-order valence-electron chi connectivity index (χ2n) is 5.87. The highest BCUT2D eigenvalue weighted by atomic mass is 16.5. The normalized spacial score (nSPS) is 11.0. The molecule has 0 bridgehead atoms. The number of ether oxygens (including phenoxy) is 2. The van der Waals surface area contributed by atoms with Crippen molar-refractivity contribution in [1.82, 2.24) is 10.6 Å². The molecule has 0 aliphatic heterocycles. The first-order chi connectivity index (χ1) is 14.1. The number of hydrogen-bond donors (Lipinski definition) is 2. The molecule has 0 saturated carbocycles. The second-order valence-corrected chi connectivity index (χ2v) is 5.87. The zero-order chi connectivity index (χ0) is 20.6. The number of nitrogens with one attached hydrogen (secondary N) is 2. The van der Waals surface area contributed by atoms with Gasteiger partial charge in [0, 0.05) is 0 Å². The first-order valence-corrected chi connectivity index (χ1v) is 8.70. The van der Waals surface area contributed by atoms with Gasteiger partial charge in [-0.3, -0.25) is 9.59 Å². The highest BCUT2D eigenvalue weighted by molar-refractivity contribution is 6.04. The summed E-state index contributed by atoms with van der Waals surface area (Å²) in [6.07, 6.45) is 4.42. The molecular formula is C21H20N2O6. The molecule has 3 rings (SSSR count). The number of benzene rings is 1. The molecule has 8 heteroatoms. The van der Waals surface area contributed by atoms with E-state index in [4.69, 9.17) is 18.3 Å². The molecule has 2 heterocycles. The zero-order valence-corrected chi connectivity index (χ0v) is 15.9. The highest BCUT2D eigenvalue weighted by Crippen LogP contribution is 2.28. The van der Waals surface area contributed by atoms with Crippen LogP contribution in [0.4, 0.5) is 0 Å². The van der Waals surface area contributed by atoms with Crippen LogP contribution in [0.25, 0.3) is 6.08 Å². The molecular weight excluding hydrogens is 376 g/mol. The minimum absolute atomic E-state index is 0.0326. The molecule has 0 saturated heterocycles. The van der Waals surface area contributed by atoms with Crippen LogP contribution in [0.3, 0.4) is 0 Å². The summed E-state index contributed by atoms with van der Waals surface area (Å²) in [5.41, 5.74) is 0.663. The van der Waals surface area contributed by atoms with E-state index in [0.717, 1.165) is 0 Å². The van der Waals surface area contributed by atoms with Gasteiger partial charge in [0.15, 0.2) is 17.3 Å². The van der Waals surface area contributed by atoms with Crippen LogP contribution < -0.4 is 20.1 Å². The van der Waals surface area contributed by atoms with Gasteiger partial charge in [-0.15, -0.1) is 0 Å². The summed E-state index contributed by atoms with van der Waals surface area (Å²) in [7, 11) is 3.05. The fourth-order valence-electron chi connectivity index (χ4n) is 2.54. The monoisotopic (exact) mass is 396 g/mol. The molecule has 0 aliphatic carbocycles. The lowest BCUT2D eigenvalue weighted by molar-refractivity contribution is -0.118. The van der Waals surface area contributed by atoms with E-state index in [1.807, 2.05) is 0 Å². The van der Waals surface area contributed by atoms with E-state index in [1.54, 1.807) is 36.4 Å². The van der Waals surface area contributed by atoms with Crippen molar-refractivity contribution in [2.24, 2.45) is 0 Å². The SMILES string of the molecule is COc1ccc(/C=C(\NC(=O)c2ccco2)C(=O)NCc2ccco2)cc1OC. The van der Waals surface area contributed by atoms with Crippen LogP contribution >= 0.6 is 0 Å². The van der Waals surface area contributed by atoms with Crippen LogP contribution in [0.2, 0.25) is 0 Å². The Morgan fingerprint density at radius 2 is 1.76 bits per heavy atom. The van der Waals surface area contributed by atoms with Crippen molar-refractivity contribution >= 4 is 17.9 Å². The predicted molar refractivity (Wildman–Crippen MR) is 104 cm³/mol. The van der Waals surface area contributed by atoms with E-state index >= 15 is 0 Å². The Morgan fingerprint density at radius 1 is 1.00 bits per heavy atom. The Balaban J connectivity index is 1.85. The van der Waals surface area contributed by atoms with Crippen molar-refractivity contribution in [2.75, 3.05) is 14.2 Å². The summed E-state index contributed by atoms with van der Waals surface area (Å²) < 4.78 is 20.8. The number of rotatable bonds is 8. The Hall–Kier alpha value is -3.94. The third kappa shape index (κ3) is 5.07. The molecule has 0 aliphatic rings. The van der Waals surface area contributed by atoms with Gasteiger partial charge in [0.25, 0.3) is 11.8 Å². The summed E-state index contributed by atoms with van der Waals surface area (Å²) in [6, 6.07) is 11.7. The van der Waals surface area contributed by atoms with Crippen LogP contribution in [0, 0.1) is 0 Å². The first kappa shape index (κ1) is 19.8. The Kier molecular flexibility index (Phi) is 6.36. The minimum Gasteiger partial charge on any atom is -0.493 e. The third-order valence-electron chi connectivity index (χ3n) is 3.96. The molecule has 8 nitrogen and oxygen atoms in total. The van der Waals surface area contributed by atoms with Crippen molar-refractivity contribution in [2.45, 2.75) is 6.54 Å². The van der Waals surface area contributed by atoms with E-state index in [1.165, 1.54) is 38.9 Å². The van der Waals surface area contributed by atoms with Crippen LogP contribution in [0.15, 0.2) is 69.5 Å². The van der Waals surface area contributed by atoms with Crippen LogP contribution in [0.1, 0.15) is 21.9 Å². The second kappa shape index (κ2) is 9.32. The van der Waals surface area contributed by atoms with Gasteiger partial charge in [-0.05, 0) is 48.0 Å². The number of carbonyl (C=O) groups is 2. The summed E-state index contributed by atoms with van der Waals surface area (Å²) in [5.74, 6) is 0.677. The number of methoxy groups -OCH3 is 2. The highest BCUT2D eigenvalue weighted by Gasteiger charge is 2.17. The van der Waals surface area contributed by atoms with E-state index in [9.17, 15) is 9.59 Å². The van der Waals surface area contributed by atoms with E-state index in [-0.39, 0.29) is 18.0 Å². The maximum Gasteiger partial charge on any atom is 0.291 e. The Labute approximate surface area is 167 Å². The van der Waals surface area contributed by atoms with Crippen molar-refractivity contribution in [1.29, 1.82) is 0 Å². The molecule has 3 aromatic rings. The molecule has 0 radical (unpaired) electrons. The van der Waals surface area contributed by atoms with Gasteiger partial charge in [0.2, 0.25) is 0 Å². The van der Waals surface area contributed by atoms with Crippen molar-refractivity contribution in [3.05, 3.63) is 77.8 Å². The average molecular weight is 396 g/mol. The van der Waals surface area contributed by atoms with E-state index in [2.05, 4.69) is 10.6 Å². The minimum atomic E-state index is -0.546. The van der Waals surface area contributed by atoms with Crippen LogP contribution in [-0.2, 0) is 11.3 Å². The number of amides is 2. The lowest BCUT2D eigenvalue weighted by atomic mass is 10.1. The third-order valence-corrected chi connectivity index (χ3v) is 3.96. The molecule has 0 fully saturated rings. The molecule has 2 amide bonds. The van der Waals surface area contributed by atoms with E-state index in [0.29, 0.717) is 22.8 Å². The number of furan rings is 2. The molecule has 2 N–H and O–H groups in total. The van der Waals surface area contributed by atoms with Crippen molar-refractivity contribution in [3.8, 4) is 11.5 Å². The molecule has 0 atom stereocenters. The zero-order valence-electron chi connectivity index (χ0n) is 15.9. The smallest absolute Gasteiger partial charge is 0.291 e. The maximum absolute atomic E-state index is 12.7. The lowest BCUT2D eigenvalue weighted by Gasteiger charge is -2.11. The van der Waals surface area contributed by atoms with Crippen molar-refractivity contribution in [3.63, 3.8) is 0 Å². The van der Waals surface area contributed by atoms with Gasteiger partial charge in [-0.25, -0.2) is 0 Å². The summed E-state index contributed by atoms with van der Waals surface area (Å²) >= 11 is 0. The topological polar surface area (TPSA) is 103 Å². The molecule has 1 aromatic carbocycles. The standard InChI is InChI=1S/C21H20N2O6/c1-26-17-8-7-14(12-19(17)27-2)11-16(23-21(25)18-6-4-10-29-18)20(24)22-13-15-5-3-9-28-15/h3-12H,13H2,1-2H3,(H,22,24)(H,23,25)/b16-11-. The Morgan fingerprint density at radius 3 is 2.41 bits per heavy atom. The van der Waals surface area contributed by atoms with Gasteiger partial charge in [-0.2, -0.15) is 0 Å². The largest absolute Gasteiger partial charge is 0.493 e. The summed E-state index contributed by atoms with van der Waals surface area (Å²) in [5, 5.41) is 5.28. The fourth-order valence-corrected chi connectivity index (χ4v) is 2.54. The molecule has 2 aromatic heterocycles. The Bertz CT molecular complexity index is 990. The summed E-state index contributed by atoms with van der Waals surface area (Å²) in [6.45, 7) is 0.172. The number of carbonyl (C=O) groups excluding carboxylic acids is 2. The molecule has 0 unspecified atom stereocenters. The van der Waals surface area contributed by atoms with Gasteiger partial charge in [0.1, 0.15) is 11.5 Å². The van der Waals surface area contributed by atoms with Gasteiger partial charge in [-0.1, -0.05) is 6.07 Å². The van der Waals surface area contributed by atoms with E-state index < -0.39 is 11.8 Å². The lowest BCUT2D eigenvalue weighted by Crippen LogP contribution is -2.34. The maximum atomic E-state index is 12.7. The fraction of sp³-hybridized carbons (Fsp3) is 0.143. The van der Waals surface area contributed by atoms with Gasteiger partial charge in [0.05, 0.1) is 33.3 Å². The first-order valence-electron chi connectivity index (χ1n) is 8.70. The summed E-state index contributed by atoms with van der Waals surface area (Å²) in [4.78, 5) is 25.1. The van der Waals surface area contributed by atoms with Crippen LogP contribution in [0.5, 0.6) is 11.5 Å². The molecule has 150 valence electrons. The van der Waals surface area contributed by atoms with Gasteiger partial charge < -0.3 is 28.9 Å². The van der Waals surface area contributed by atoms with Crippen molar-refractivity contribution < 1.29 is 27.9 Å². The molecule has 0 spiro atoms. The average Bonchev–Trinajstić information content (AvgIpc) is 3.45. The van der Waals surface area contributed by atoms with Gasteiger partial charge >= 0.3 is 0 Å².